The maximum Gasteiger partial charge on any atom is 0.253 e. The molecule has 0 N–H and O–H groups in total. The maximum absolute atomic E-state index is 12.5. The summed E-state index contributed by atoms with van der Waals surface area (Å²) in [5.41, 5.74) is 0.643. The van der Waals surface area contributed by atoms with Gasteiger partial charge in [-0.05, 0) is 37.1 Å². The van der Waals surface area contributed by atoms with Gasteiger partial charge < -0.3 is 19.3 Å². The molecule has 0 saturated carbocycles. The van der Waals surface area contributed by atoms with E-state index < -0.39 is 0 Å². The van der Waals surface area contributed by atoms with E-state index in [1.807, 2.05) is 4.90 Å². The molecule has 23 heavy (non-hydrogen) atoms. The van der Waals surface area contributed by atoms with Crippen LogP contribution in [0, 0.1) is 0 Å². The molecule has 0 spiro atoms. The van der Waals surface area contributed by atoms with Gasteiger partial charge in [-0.25, -0.2) is 0 Å². The summed E-state index contributed by atoms with van der Waals surface area (Å²) in [5.74, 6) is 0.796. The SMILES string of the molecule is COc1ccc(C(=O)N2CCN(C(=O)C3CCCO3)CC2)cc1. The molecule has 0 aromatic heterocycles. The Morgan fingerprint density at radius 1 is 1.09 bits per heavy atom. The molecule has 124 valence electrons. The number of rotatable bonds is 3. The first-order valence-electron chi connectivity index (χ1n) is 8.03. The Balaban J connectivity index is 1.55. The minimum absolute atomic E-state index is 0.00290. The molecule has 2 aliphatic heterocycles. The lowest BCUT2D eigenvalue weighted by molar-refractivity contribution is -0.142. The molecule has 6 nitrogen and oxygen atoms in total. The zero-order chi connectivity index (χ0) is 16.2. The van der Waals surface area contributed by atoms with Crippen molar-refractivity contribution in [3.05, 3.63) is 29.8 Å². The van der Waals surface area contributed by atoms with Crippen molar-refractivity contribution < 1.29 is 19.1 Å². The van der Waals surface area contributed by atoms with Crippen LogP contribution in [0.5, 0.6) is 5.75 Å². The first-order valence-corrected chi connectivity index (χ1v) is 8.03. The number of carbonyl (C=O) groups excluding carboxylic acids is 2. The second kappa shape index (κ2) is 7.00. The number of carbonyl (C=O) groups is 2. The largest absolute Gasteiger partial charge is 0.497 e. The van der Waals surface area contributed by atoms with Gasteiger partial charge in [-0.1, -0.05) is 0 Å². The van der Waals surface area contributed by atoms with E-state index in [9.17, 15) is 9.59 Å². The van der Waals surface area contributed by atoms with Gasteiger partial charge in [-0.3, -0.25) is 9.59 Å². The fourth-order valence-electron chi connectivity index (χ4n) is 3.02. The van der Waals surface area contributed by atoms with Crippen molar-refractivity contribution in [2.45, 2.75) is 18.9 Å². The highest BCUT2D eigenvalue weighted by molar-refractivity contribution is 5.94. The number of methoxy groups -OCH3 is 1. The fraction of sp³-hybridized carbons (Fsp3) is 0.529. The van der Waals surface area contributed by atoms with Gasteiger partial charge in [-0.15, -0.1) is 0 Å². The van der Waals surface area contributed by atoms with E-state index in [2.05, 4.69) is 0 Å². The van der Waals surface area contributed by atoms with Crippen molar-refractivity contribution in [3.63, 3.8) is 0 Å². The molecule has 3 rings (SSSR count). The van der Waals surface area contributed by atoms with Crippen LogP contribution in [0.1, 0.15) is 23.2 Å². The quantitative estimate of drug-likeness (QED) is 0.839. The number of hydrogen-bond donors (Lipinski definition) is 0. The molecule has 0 bridgehead atoms. The molecule has 0 radical (unpaired) electrons. The molecular weight excluding hydrogens is 296 g/mol. The molecule has 1 atom stereocenters. The van der Waals surface area contributed by atoms with Gasteiger partial charge in [0.05, 0.1) is 7.11 Å². The maximum atomic E-state index is 12.5. The lowest BCUT2D eigenvalue weighted by Gasteiger charge is -2.35. The molecule has 1 unspecified atom stereocenters. The molecule has 1 aromatic carbocycles. The summed E-state index contributed by atoms with van der Waals surface area (Å²) in [6, 6.07) is 7.10. The number of amides is 2. The smallest absolute Gasteiger partial charge is 0.253 e. The molecule has 2 amide bonds. The predicted molar refractivity (Wildman–Crippen MR) is 84.5 cm³/mol. The van der Waals surface area contributed by atoms with Crippen LogP contribution in [-0.4, -0.2) is 67.6 Å². The van der Waals surface area contributed by atoms with Gasteiger partial charge in [0.25, 0.3) is 11.8 Å². The monoisotopic (exact) mass is 318 g/mol. The minimum Gasteiger partial charge on any atom is -0.497 e. The van der Waals surface area contributed by atoms with E-state index >= 15 is 0 Å². The van der Waals surface area contributed by atoms with Crippen LogP contribution in [0.25, 0.3) is 0 Å². The number of piperazine rings is 1. The summed E-state index contributed by atoms with van der Waals surface area (Å²) in [6.07, 6.45) is 1.48. The van der Waals surface area contributed by atoms with E-state index in [-0.39, 0.29) is 17.9 Å². The average Bonchev–Trinajstić information content (AvgIpc) is 3.15. The highest BCUT2D eigenvalue weighted by Crippen LogP contribution is 2.17. The number of ether oxygens (including phenoxy) is 2. The third kappa shape index (κ3) is 3.47. The first kappa shape index (κ1) is 15.8. The summed E-state index contributed by atoms with van der Waals surface area (Å²) in [6.45, 7) is 2.93. The Bertz CT molecular complexity index is 558. The van der Waals surface area contributed by atoms with Crippen LogP contribution in [0.2, 0.25) is 0 Å². The average molecular weight is 318 g/mol. The second-order valence-corrected chi connectivity index (χ2v) is 5.85. The molecule has 2 aliphatic rings. The third-order valence-electron chi connectivity index (χ3n) is 4.42. The highest BCUT2D eigenvalue weighted by atomic mass is 16.5. The topological polar surface area (TPSA) is 59.1 Å². The highest BCUT2D eigenvalue weighted by Gasteiger charge is 2.31. The number of benzene rings is 1. The number of hydrogen-bond acceptors (Lipinski definition) is 4. The van der Waals surface area contributed by atoms with E-state index in [4.69, 9.17) is 9.47 Å². The summed E-state index contributed by atoms with van der Waals surface area (Å²) in [7, 11) is 1.60. The standard InChI is InChI=1S/C17H22N2O4/c1-22-14-6-4-13(5-7-14)16(20)18-8-10-19(11-9-18)17(21)15-3-2-12-23-15/h4-7,15H,2-3,8-12H2,1H3. The van der Waals surface area contributed by atoms with Crippen molar-refractivity contribution in [1.29, 1.82) is 0 Å². The normalized spacial score (nSPS) is 21.3. The Morgan fingerprint density at radius 2 is 1.74 bits per heavy atom. The Kier molecular flexibility index (Phi) is 4.81. The van der Waals surface area contributed by atoms with Crippen LogP contribution in [0.3, 0.4) is 0 Å². The Hall–Kier alpha value is -2.08. The van der Waals surface area contributed by atoms with E-state index in [0.717, 1.165) is 18.6 Å². The van der Waals surface area contributed by atoms with Crippen molar-refractivity contribution in [3.8, 4) is 5.75 Å². The zero-order valence-corrected chi connectivity index (χ0v) is 13.4. The van der Waals surface area contributed by atoms with Crippen molar-refractivity contribution >= 4 is 11.8 Å². The van der Waals surface area contributed by atoms with Crippen molar-refractivity contribution in [2.75, 3.05) is 39.9 Å². The Morgan fingerprint density at radius 3 is 2.30 bits per heavy atom. The van der Waals surface area contributed by atoms with Gasteiger partial charge >= 0.3 is 0 Å². The molecule has 2 saturated heterocycles. The summed E-state index contributed by atoms with van der Waals surface area (Å²) < 4.78 is 10.6. The van der Waals surface area contributed by atoms with Gasteiger partial charge in [0.15, 0.2) is 0 Å². The lowest BCUT2D eigenvalue weighted by Crippen LogP contribution is -2.52. The van der Waals surface area contributed by atoms with Crippen LogP contribution in [-0.2, 0) is 9.53 Å². The van der Waals surface area contributed by atoms with E-state index in [1.165, 1.54) is 0 Å². The first-order chi connectivity index (χ1) is 11.2. The van der Waals surface area contributed by atoms with Gasteiger partial charge in [0, 0.05) is 38.3 Å². The van der Waals surface area contributed by atoms with Crippen molar-refractivity contribution in [1.82, 2.24) is 9.80 Å². The number of nitrogens with zero attached hydrogens (tertiary/aromatic N) is 2. The van der Waals surface area contributed by atoms with E-state index in [0.29, 0.717) is 38.3 Å². The van der Waals surface area contributed by atoms with Crippen molar-refractivity contribution in [2.24, 2.45) is 0 Å². The molecule has 2 fully saturated rings. The van der Waals surface area contributed by atoms with Gasteiger partial charge in [0.2, 0.25) is 0 Å². The Labute approximate surface area is 136 Å². The van der Waals surface area contributed by atoms with Crippen LogP contribution >= 0.6 is 0 Å². The lowest BCUT2D eigenvalue weighted by atomic mass is 10.1. The molecule has 6 heteroatoms. The minimum atomic E-state index is -0.279. The fourth-order valence-corrected chi connectivity index (χ4v) is 3.02. The molecule has 2 heterocycles. The summed E-state index contributed by atoms with van der Waals surface area (Å²) >= 11 is 0. The van der Waals surface area contributed by atoms with Crippen LogP contribution in [0.15, 0.2) is 24.3 Å². The van der Waals surface area contributed by atoms with Crippen LogP contribution in [0.4, 0.5) is 0 Å². The second-order valence-electron chi connectivity index (χ2n) is 5.85. The third-order valence-corrected chi connectivity index (χ3v) is 4.42. The summed E-state index contributed by atoms with van der Waals surface area (Å²) in [5, 5.41) is 0. The van der Waals surface area contributed by atoms with E-state index in [1.54, 1.807) is 36.3 Å². The molecular formula is C17H22N2O4. The van der Waals surface area contributed by atoms with Crippen LogP contribution < -0.4 is 4.74 Å². The predicted octanol–water partition coefficient (Wildman–Crippen LogP) is 1.16. The molecule has 0 aliphatic carbocycles. The van der Waals surface area contributed by atoms with Gasteiger partial charge in [-0.2, -0.15) is 0 Å². The zero-order valence-electron chi connectivity index (χ0n) is 13.4. The molecule has 1 aromatic rings. The summed E-state index contributed by atoms with van der Waals surface area (Å²) in [4.78, 5) is 28.4. The van der Waals surface area contributed by atoms with Gasteiger partial charge in [0.1, 0.15) is 11.9 Å².